The molecule has 1 atom stereocenters. The fourth-order valence-corrected chi connectivity index (χ4v) is 6.96. The molecule has 4 heterocycles. The SMILES string of the molecule is Cc1c(Nc2nccc3cc(CNCCO)cnc23)cccc1-c1cccc(-c2nc3cc(CN4CCC(C)(C(=O)O)C4)cc(C#N)c3o2)c1C. The van der Waals surface area contributed by atoms with Gasteiger partial charge in [-0.05, 0) is 104 Å². The second kappa shape index (κ2) is 13.9. The summed E-state index contributed by atoms with van der Waals surface area (Å²) in [6, 6.07) is 22.2. The van der Waals surface area contributed by atoms with E-state index in [9.17, 15) is 15.2 Å². The Morgan fingerprint density at radius 1 is 1.04 bits per heavy atom. The van der Waals surface area contributed by atoms with Gasteiger partial charge in [0.05, 0.1) is 17.6 Å². The number of carboxylic acids is 1. The van der Waals surface area contributed by atoms with Gasteiger partial charge >= 0.3 is 5.97 Å². The molecule has 1 fully saturated rings. The van der Waals surface area contributed by atoms with Crippen molar-refractivity contribution in [2.45, 2.75) is 40.3 Å². The Bertz CT molecular complexity index is 2330. The number of fused-ring (bicyclic) bond motifs is 2. The average Bonchev–Trinajstić information content (AvgIpc) is 3.73. The van der Waals surface area contributed by atoms with Crippen LogP contribution < -0.4 is 10.6 Å². The van der Waals surface area contributed by atoms with E-state index in [-0.39, 0.29) is 6.61 Å². The van der Waals surface area contributed by atoms with Gasteiger partial charge in [-0.15, -0.1) is 0 Å². The van der Waals surface area contributed by atoms with Crippen LogP contribution in [-0.4, -0.2) is 62.3 Å². The molecule has 1 saturated heterocycles. The highest BCUT2D eigenvalue weighted by Crippen LogP contribution is 2.38. The molecule has 11 nitrogen and oxygen atoms in total. The van der Waals surface area contributed by atoms with Crippen molar-refractivity contribution in [3.8, 4) is 28.7 Å². The monoisotopic (exact) mass is 681 g/mol. The standard InChI is InChI=1S/C40H39N7O4/c1-24-30(31-7-5-9-33(25(31)2)45-37-35-28(10-12-43-37)17-27(21-44-35)20-42-13-15-48)6-4-8-32(24)38-46-34-18-26(16-29(19-41)36(34)51-38)22-47-14-11-40(3,23-47)39(49)50/h4-10,12,16-18,21,42,48H,11,13-15,20,22-23H2,1-3H3,(H,43,45)(H,49,50). The molecule has 3 aromatic carbocycles. The predicted molar refractivity (Wildman–Crippen MR) is 196 cm³/mol. The van der Waals surface area contributed by atoms with Gasteiger partial charge in [0.25, 0.3) is 0 Å². The highest BCUT2D eigenvalue weighted by Gasteiger charge is 2.40. The molecule has 0 saturated carbocycles. The van der Waals surface area contributed by atoms with Crippen molar-refractivity contribution in [2.24, 2.45) is 5.41 Å². The summed E-state index contributed by atoms with van der Waals surface area (Å²) >= 11 is 0. The van der Waals surface area contributed by atoms with Crippen LogP contribution in [0.2, 0.25) is 0 Å². The molecule has 4 N–H and O–H groups in total. The lowest BCUT2D eigenvalue weighted by molar-refractivity contribution is -0.147. The topological polar surface area (TPSA) is 160 Å². The molecule has 1 unspecified atom stereocenters. The first-order valence-electron chi connectivity index (χ1n) is 17.0. The number of carbonyl (C=O) groups is 1. The van der Waals surface area contributed by atoms with Gasteiger partial charge in [0.1, 0.15) is 17.1 Å². The first-order valence-corrected chi connectivity index (χ1v) is 17.0. The van der Waals surface area contributed by atoms with Crippen LogP contribution in [0.3, 0.4) is 0 Å². The van der Waals surface area contributed by atoms with Crippen LogP contribution in [0.4, 0.5) is 11.5 Å². The Balaban J connectivity index is 1.17. The van der Waals surface area contributed by atoms with Gasteiger partial charge in [-0.3, -0.25) is 14.7 Å². The van der Waals surface area contributed by atoms with E-state index in [0.29, 0.717) is 67.5 Å². The zero-order chi connectivity index (χ0) is 35.7. The van der Waals surface area contributed by atoms with E-state index in [1.54, 1.807) is 13.1 Å². The minimum atomic E-state index is -0.784. The lowest BCUT2D eigenvalue weighted by Gasteiger charge is -2.20. The van der Waals surface area contributed by atoms with Crippen molar-refractivity contribution < 1.29 is 19.4 Å². The van der Waals surface area contributed by atoms with Crippen molar-refractivity contribution in [2.75, 3.05) is 31.6 Å². The fraction of sp³-hybridized carbons (Fsp3) is 0.275. The molecule has 1 aliphatic rings. The van der Waals surface area contributed by atoms with Gasteiger partial charge in [-0.25, -0.2) is 9.97 Å². The third kappa shape index (κ3) is 6.65. The summed E-state index contributed by atoms with van der Waals surface area (Å²) in [5, 5.41) is 36.4. The summed E-state index contributed by atoms with van der Waals surface area (Å²) in [5.41, 5.74) is 9.16. The highest BCUT2D eigenvalue weighted by molar-refractivity contribution is 5.91. The summed E-state index contributed by atoms with van der Waals surface area (Å²) < 4.78 is 6.28. The second-order valence-electron chi connectivity index (χ2n) is 13.5. The molecular weight excluding hydrogens is 642 g/mol. The number of hydrogen-bond acceptors (Lipinski definition) is 10. The maximum absolute atomic E-state index is 11.8. The van der Waals surface area contributed by atoms with Crippen molar-refractivity contribution in [3.05, 3.63) is 101 Å². The first-order chi connectivity index (χ1) is 24.7. The fourth-order valence-electron chi connectivity index (χ4n) is 6.96. The number of pyridine rings is 2. The van der Waals surface area contributed by atoms with Crippen LogP contribution in [0.5, 0.6) is 0 Å². The van der Waals surface area contributed by atoms with E-state index < -0.39 is 11.4 Å². The number of nitrogens with zero attached hydrogens (tertiary/aromatic N) is 5. The Kier molecular flexibility index (Phi) is 9.23. The quantitative estimate of drug-likeness (QED) is 0.108. The van der Waals surface area contributed by atoms with Gasteiger partial charge < -0.3 is 25.3 Å². The average molecular weight is 682 g/mol. The number of nitrogens with one attached hydrogen (secondary N) is 2. The number of anilines is 2. The number of aromatic nitrogens is 3. The molecule has 258 valence electrons. The summed E-state index contributed by atoms with van der Waals surface area (Å²) in [5.74, 6) is 0.308. The molecule has 0 spiro atoms. The molecule has 3 aromatic heterocycles. The van der Waals surface area contributed by atoms with Crippen molar-refractivity contribution >= 4 is 39.5 Å². The van der Waals surface area contributed by atoms with Crippen molar-refractivity contribution in [1.82, 2.24) is 25.2 Å². The number of aliphatic hydroxyl groups is 1. The molecule has 7 rings (SSSR count). The molecule has 0 aliphatic carbocycles. The minimum absolute atomic E-state index is 0.0839. The molecule has 0 bridgehead atoms. The second-order valence-corrected chi connectivity index (χ2v) is 13.5. The molecule has 6 aromatic rings. The summed E-state index contributed by atoms with van der Waals surface area (Å²) in [6.07, 6.45) is 4.18. The number of likely N-dealkylation sites (tertiary alicyclic amines) is 1. The normalized spacial score (nSPS) is 16.1. The number of aliphatic hydroxyl groups excluding tert-OH is 1. The number of nitriles is 1. The van der Waals surface area contributed by atoms with Crippen LogP contribution in [0.15, 0.2) is 77.5 Å². The zero-order valence-electron chi connectivity index (χ0n) is 28.8. The lowest BCUT2D eigenvalue weighted by atomic mass is 9.90. The Morgan fingerprint density at radius 3 is 2.59 bits per heavy atom. The first kappa shape index (κ1) is 33.8. The van der Waals surface area contributed by atoms with Gasteiger partial charge in [0.2, 0.25) is 5.89 Å². The van der Waals surface area contributed by atoms with Gasteiger partial charge in [-0.1, -0.05) is 24.3 Å². The Labute approximate surface area is 295 Å². The number of carboxylic acid groups (broad SMARTS) is 1. The van der Waals surface area contributed by atoms with E-state index in [1.165, 1.54) is 0 Å². The maximum Gasteiger partial charge on any atom is 0.310 e. The smallest absolute Gasteiger partial charge is 0.310 e. The number of oxazole rings is 1. The minimum Gasteiger partial charge on any atom is -0.481 e. The van der Waals surface area contributed by atoms with E-state index >= 15 is 0 Å². The number of rotatable bonds is 11. The predicted octanol–water partition coefficient (Wildman–Crippen LogP) is 6.72. The molecule has 11 heteroatoms. The van der Waals surface area contributed by atoms with Gasteiger partial charge in [0.15, 0.2) is 11.4 Å². The van der Waals surface area contributed by atoms with Crippen LogP contribution >= 0.6 is 0 Å². The van der Waals surface area contributed by atoms with Crippen LogP contribution in [0.1, 0.15) is 41.2 Å². The van der Waals surface area contributed by atoms with Gasteiger partial charge in [0, 0.05) is 55.2 Å². The Morgan fingerprint density at radius 2 is 1.82 bits per heavy atom. The van der Waals surface area contributed by atoms with Crippen molar-refractivity contribution in [1.29, 1.82) is 5.26 Å². The number of benzene rings is 3. The van der Waals surface area contributed by atoms with E-state index in [1.807, 2.05) is 55.6 Å². The summed E-state index contributed by atoms with van der Waals surface area (Å²) in [6.45, 7) is 8.79. The zero-order valence-corrected chi connectivity index (χ0v) is 28.8. The Hall–Kier alpha value is -5.67. The molecule has 1 aliphatic heterocycles. The number of hydrogen-bond donors (Lipinski definition) is 4. The third-order valence-corrected chi connectivity index (χ3v) is 9.86. The molecule has 51 heavy (non-hydrogen) atoms. The molecular formula is C40H39N7O4. The maximum atomic E-state index is 11.8. The lowest BCUT2D eigenvalue weighted by Crippen LogP contribution is -2.31. The van der Waals surface area contributed by atoms with Crippen molar-refractivity contribution in [3.63, 3.8) is 0 Å². The largest absolute Gasteiger partial charge is 0.481 e. The van der Waals surface area contributed by atoms with E-state index in [2.05, 4.69) is 51.7 Å². The van der Waals surface area contributed by atoms with E-state index in [4.69, 9.17) is 19.5 Å². The highest BCUT2D eigenvalue weighted by atomic mass is 16.4. The number of aliphatic carboxylic acids is 1. The third-order valence-electron chi connectivity index (χ3n) is 9.86. The van der Waals surface area contributed by atoms with E-state index in [0.717, 1.165) is 55.5 Å². The molecule has 0 amide bonds. The van der Waals surface area contributed by atoms with Crippen LogP contribution in [0, 0.1) is 30.6 Å². The van der Waals surface area contributed by atoms with Crippen LogP contribution in [0.25, 0.3) is 44.6 Å². The summed E-state index contributed by atoms with van der Waals surface area (Å²) in [4.78, 5) is 28.1. The summed E-state index contributed by atoms with van der Waals surface area (Å²) in [7, 11) is 0. The van der Waals surface area contributed by atoms with Crippen LogP contribution in [-0.2, 0) is 17.9 Å². The van der Waals surface area contributed by atoms with Gasteiger partial charge in [-0.2, -0.15) is 5.26 Å². The molecule has 0 radical (unpaired) electrons.